The number of hydrogen-bond acceptors (Lipinski definition) is 3. The molecular weight excluding hydrogens is 188 g/mol. The van der Waals surface area contributed by atoms with Gasteiger partial charge in [0.05, 0.1) is 6.61 Å². The summed E-state index contributed by atoms with van der Waals surface area (Å²) in [6.07, 6.45) is 0. The maximum absolute atomic E-state index is 9.09. The molecule has 0 aliphatic heterocycles. The lowest BCUT2D eigenvalue weighted by Crippen LogP contribution is -2.40. The van der Waals surface area contributed by atoms with Crippen LogP contribution in [-0.4, -0.2) is 38.4 Å². The molecule has 0 spiro atoms. The van der Waals surface area contributed by atoms with Gasteiger partial charge < -0.3 is 15.3 Å². The first kappa shape index (κ1) is 12.0. The lowest BCUT2D eigenvalue weighted by atomic mass is 10.2. The summed E-state index contributed by atoms with van der Waals surface area (Å²) in [5.41, 5.74) is 2.44. The van der Waals surface area contributed by atoms with E-state index in [1.54, 1.807) is 0 Å². The maximum Gasteiger partial charge on any atom is 0.0601 e. The van der Waals surface area contributed by atoms with E-state index in [-0.39, 0.29) is 12.6 Å². The van der Waals surface area contributed by atoms with Gasteiger partial charge >= 0.3 is 0 Å². The van der Waals surface area contributed by atoms with Gasteiger partial charge in [0, 0.05) is 25.3 Å². The molecule has 84 valence electrons. The minimum absolute atomic E-state index is 0.121. The van der Waals surface area contributed by atoms with E-state index >= 15 is 0 Å². The van der Waals surface area contributed by atoms with Crippen molar-refractivity contribution in [1.82, 2.24) is 5.32 Å². The summed E-state index contributed by atoms with van der Waals surface area (Å²) in [6, 6.07) is 8.48. The summed E-state index contributed by atoms with van der Waals surface area (Å²) in [7, 11) is 3.90. The molecule has 1 rings (SSSR count). The Labute approximate surface area is 91.7 Å². The van der Waals surface area contributed by atoms with Crippen molar-refractivity contribution in [3.63, 3.8) is 0 Å². The zero-order chi connectivity index (χ0) is 11.3. The summed E-state index contributed by atoms with van der Waals surface area (Å²) in [4.78, 5) is 2.14. The highest BCUT2D eigenvalue weighted by atomic mass is 16.3. The molecule has 3 heteroatoms. The minimum Gasteiger partial charge on any atom is -0.395 e. The molecule has 0 amide bonds. The molecule has 1 aromatic rings. The minimum atomic E-state index is 0.121. The number of anilines is 1. The summed E-state index contributed by atoms with van der Waals surface area (Å²) in [6.45, 7) is 3.04. The number of nitrogens with one attached hydrogen (secondary N) is 1. The SMILES string of the molecule is CNC(CO)CN(C)c1cccc(C)c1. The molecule has 1 unspecified atom stereocenters. The molecule has 15 heavy (non-hydrogen) atoms. The average Bonchev–Trinajstić information content (AvgIpc) is 2.25. The Balaban J connectivity index is 2.64. The van der Waals surface area contributed by atoms with Crippen LogP contribution in [0.15, 0.2) is 24.3 Å². The Morgan fingerprint density at radius 3 is 2.73 bits per heavy atom. The van der Waals surface area contributed by atoms with Gasteiger partial charge in [-0.05, 0) is 31.7 Å². The highest BCUT2D eigenvalue weighted by molar-refractivity contribution is 5.47. The molecule has 0 bridgehead atoms. The highest BCUT2D eigenvalue weighted by Gasteiger charge is 2.08. The second kappa shape index (κ2) is 5.73. The largest absolute Gasteiger partial charge is 0.395 e. The van der Waals surface area contributed by atoms with E-state index in [1.807, 2.05) is 14.1 Å². The average molecular weight is 208 g/mol. The van der Waals surface area contributed by atoms with Crippen molar-refractivity contribution >= 4 is 5.69 Å². The normalized spacial score (nSPS) is 12.5. The second-order valence-electron chi connectivity index (χ2n) is 3.89. The molecule has 0 saturated heterocycles. The fraction of sp³-hybridized carbons (Fsp3) is 0.500. The Kier molecular flexibility index (Phi) is 4.59. The lowest BCUT2D eigenvalue weighted by molar-refractivity contribution is 0.251. The van der Waals surface area contributed by atoms with Gasteiger partial charge in [0.1, 0.15) is 0 Å². The van der Waals surface area contributed by atoms with E-state index in [1.165, 1.54) is 11.3 Å². The Morgan fingerprint density at radius 2 is 2.20 bits per heavy atom. The van der Waals surface area contributed by atoms with E-state index in [0.29, 0.717) is 0 Å². The second-order valence-corrected chi connectivity index (χ2v) is 3.89. The van der Waals surface area contributed by atoms with Crippen LogP contribution in [0, 0.1) is 6.92 Å². The van der Waals surface area contributed by atoms with Crippen LogP contribution in [0.25, 0.3) is 0 Å². The van der Waals surface area contributed by atoms with Gasteiger partial charge in [0.25, 0.3) is 0 Å². The predicted octanol–water partition coefficient (Wildman–Crippen LogP) is 1.01. The highest BCUT2D eigenvalue weighted by Crippen LogP contribution is 2.14. The van der Waals surface area contributed by atoms with Crippen molar-refractivity contribution < 1.29 is 5.11 Å². The van der Waals surface area contributed by atoms with Crippen molar-refractivity contribution in [2.45, 2.75) is 13.0 Å². The number of aryl methyl sites for hydroxylation is 1. The molecule has 2 N–H and O–H groups in total. The van der Waals surface area contributed by atoms with Gasteiger partial charge in [0.15, 0.2) is 0 Å². The summed E-state index contributed by atoms with van der Waals surface area (Å²) >= 11 is 0. The Hall–Kier alpha value is -1.06. The molecule has 0 aliphatic carbocycles. The molecule has 0 fully saturated rings. The van der Waals surface area contributed by atoms with Gasteiger partial charge in [-0.25, -0.2) is 0 Å². The van der Waals surface area contributed by atoms with Gasteiger partial charge in [0.2, 0.25) is 0 Å². The third-order valence-electron chi connectivity index (χ3n) is 2.57. The van der Waals surface area contributed by atoms with Crippen LogP contribution in [0.3, 0.4) is 0 Å². The topological polar surface area (TPSA) is 35.5 Å². The first-order chi connectivity index (χ1) is 7.17. The molecular formula is C12H20N2O. The van der Waals surface area contributed by atoms with Crippen LogP contribution < -0.4 is 10.2 Å². The quantitative estimate of drug-likeness (QED) is 0.758. The lowest BCUT2D eigenvalue weighted by Gasteiger charge is -2.24. The van der Waals surface area contributed by atoms with Crippen molar-refractivity contribution in [3.8, 4) is 0 Å². The number of nitrogens with zero attached hydrogens (tertiary/aromatic N) is 1. The Morgan fingerprint density at radius 1 is 1.47 bits per heavy atom. The monoisotopic (exact) mass is 208 g/mol. The van der Waals surface area contributed by atoms with E-state index in [2.05, 4.69) is 41.4 Å². The molecule has 0 aromatic heterocycles. The maximum atomic E-state index is 9.09. The van der Waals surface area contributed by atoms with Crippen LogP contribution in [0.2, 0.25) is 0 Å². The zero-order valence-electron chi connectivity index (χ0n) is 9.70. The van der Waals surface area contributed by atoms with Crippen LogP contribution in [0.4, 0.5) is 5.69 Å². The molecule has 0 heterocycles. The third-order valence-corrected chi connectivity index (χ3v) is 2.57. The predicted molar refractivity (Wildman–Crippen MR) is 64.4 cm³/mol. The van der Waals surface area contributed by atoms with E-state index in [0.717, 1.165) is 6.54 Å². The van der Waals surface area contributed by atoms with E-state index < -0.39 is 0 Å². The summed E-state index contributed by atoms with van der Waals surface area (Å²) in [5, 5.41) is 12.2. The van der Waals surface area contributed by atoms with Crippen molar-refractivity contribution in [1.29, 1.82) is 0 Å². The third kappa shape index (κ3) is 3.53. The van der Waals surface area contributed by atoms with Crippen molar-refractivity contribution in [2.75, 3.05) is 32.1 Å². The molecule has 1 aromatic carbocycles. The van der Waals surface area contributed by atoms with Gasteiger partial charge in [-0.3, -0.25) is 0 Å². The van der Waals surface area contributed by atoms with Crippen LogP contribution in [0.5, 0.6) is 0 Å². The van der Waals surface area contributed by atoms with Gasteiger partial charge in [-0.1, -0.05) is 12.1 Å². The molecule has 0 saturated carbocycles. The molecule has 3 nitrogen and oxygen atoms in total. The van der Waals surface area contributed by atoms with E-state index in [4.69, 9.17) is 5.11 Å². The number of rotatable bonds is 5. The molecule has 1 atom stereocenters. The van der Waals surface area contributed by atoms with E-state index in [9.17, 15) is 0 Å². The first-order valence-electron chi connectivity index (χ1n) is 5.23. The molecule has 0 aliphatic rings. The number of likely N-dealkylation sites (N-methyl/N-ethyl adjacent to an activating group) is 2. The fourth-order valence-electron chi connectivity index (χ4n) is 1.54. The van der Waals surface area contributed by atoms with Gasteiger partial charge in [-0.2, -0.15) is 0 Å². The first-order valence-corrected chi connectivity index (χ1v) is 5.23. The number of aliphatic hydroxyl groups is 1. The Bertz CT molecular complexity index is 297. The standard InChI is InChI=1S/C12H20N2O/c1-10-5-4-6-12(7-10)14(3)8-11(9-15)13-2/h4-7,11,13,15H,8-9H2,1-3H3. The van der Waals surface area contributed by atoms with Crippen LogP contribution in [-0.2, 0) is 0 Å². The van der Waals surface area contributed by atoms with Crippen LogP contribution in [0.1, 0.15) is 5.56 Å². The smallest absolute Gasteiger partial charge is 0.0601 e. The fourth-order valence-corrected chi connectivity index (χ4v) is 1.54. The van der Waals surface area contributed by atoms with Gasteiger partial charge in [-0.15, -0.1) is 0 Å². The van der Waals surface area contributed by atoms with Crippen molar-refractivity contribution in [2.24, 2.45) is 0 Å². The number of benzene rings is 1. The zero-order valence-corrected chi connectivity index (χ0v) is 9.70. The van der Waals surface area contributed by atoms with Crippen LogP contribution >= 0.6 is 0 Å². The number of aliphatic hydroxyl groups excluding tert-OH is 1. The summed E-state index contributed by atoms with van der Waals surface area (Å²) in [5.74, 6) is 0. The van der Waals surface area contributed by atoms with Crippen molar-refractivity contribution in [3.05, 3.63) is 29.8 Å². The summed E-state index contributed by atoms with van der Waals surface area (Å²) < 4.78 is 0. The number of hydrogen-bond donors (Lipinski definition) is 2. The molecule has 0 radical (unpaired) electrons.